The van der Waals surface area contributed by atoms with Crippen LogP contribution >= 0.6 is 0 Å². The fourth-order valence-electron chi connectivity index (χ4n) is 1.43. The van der Waals surface area contributed by atoms with Crippen LogP contribution in [0.3, 0.4) is 0 Å². The van der Waals surface area contributed by atoms with Gasteiger partial charge >= 0.3 is 5.97 Å². The third-order valence-corrected chi connectivity index (χ3v) is 2.36. The van der Waals surface area contributed by atoms with E-state index >= 15 is 0 Å². The molecular formula is C11H14O6. The molecule has 0 aliphatic rings. The van der Waals surface area contributed by atoms with Crippen molar-refractivity contribution < 1.29 is 30.3 Å². The maximum atomic E-state index is 10.4. The molecule has 1 aromatic rings. The van der Waals surface area contributed by atoms with E-state index in [2.05, 4.69) is 0 Å². The minimum absolute atomic E-state index is 0.129. The fraction of sp³-hybridized carbons (Fsp3) is 0.364. The summed E-state index contributed by atoms with van der Waals surface area (Å²) in [4.78, 5) is 10.4. The van der Waals surface area contributed by atoms with Gasteiger partial charge in [-0.05, 0) is 17.7 Å². The Morgan fingerprint density at radius 3 is 2.47 bits per heavy atom. The first-order valence-electron chi connectivity index (χ1n) is 4.96. The Morgan fingerprint density at radius 2 is 1.94 bits per heavy atom. The van der Waals surface area contributed by atoms with E-state index in [0.29, 0.717) is 0 Å². The largest absolute Gasteiger partial charge is 0.508 e. The molecule has 6 heteroatoms. The molecule has 2 atom stereocenters. The van der Waals surface area contributed by atoms with Crippen LogP contribution in [0.5, 0.6) is 5.75 Å². The number of hydrogen-bond donors (Lipinski definition) is 5. The molecule has 0 radical (unpaired) electrons. The predicted molar refractivity (Wildman–Crippen MR) is 57.2 cm³/mol. The lowest BCUT2D eigenvalue weighted by atomic mass is 10.00. The number of carboxylic acid groups (broad SMARTS) is 1. The second kappa shape index (κ2) is 5.62. The quantitative estimate of drug-likeness (QED) is 0.486. The van der Waals surface area contributed by atoms with Crippen LogP contribution in [0, 0.1) is 0 Å². The Kier molecular flexibility index (Phi) is 4.45. The summed E-state index contributed by atoms with van der Waals surface area (Å²) in [6.45, 7) is -0.415. The van der Waals surface area contributed by atoms with Gasteiger partial charge in [0.05, 0.1) is 19.1 Å². The number of benzene rings is 1. The lowest BCUT2D eigenvalue weighted by molar-refractivity contribution is -0.141. The average molecular weight is 242 g/mol. The second-order valence-electron chi connectivity index (χ2n) is 3.66. The number of carbonyl (C=O) groups is 1. The normalized spacial score (nSPS) is 14.3. The van der Waals surface area contributed by atoms with Gasteiger partial charge in [-0.1, -0.05) is 6.07 Å². The third kappa shape index (κ3) is 3.42. The summed E-state index contributed by atoms with van der Waals surface area (Å²) in [7, 11) is 0. The van der Waals surface area contributed by atoms with Crippen LogP contribution < -0.4 is 0 Å². The lowest BCUT2D eigenvalue weighted by Gasteiger charge is -2.17. The first-order valence-corrected chi connectivity index (χ1v) is 4.96. The zero-order valence-electron chi connectivity index (χ0n) is 8.95. The number of aromatic hydroxyl groups is 1. The number of aliphatic hydroxyl groups excluding tert-OH is 3. The Balaban J connectivity index is 2.88. The summed E-state index contributed by atoms with van der Waals surface area (Å²) >= 11 is 0. The summed E-state index contributed by atoms with van der Waals surface area (Å²) in [6, 6.07) is 3.92. The summed E-state index contributed by atoms with van der Waals surface area (Å²) in [6.07, 6.45) is -3.41. The second-order valence-corrected chi connectivity index (χ2v) is 3.66. The van der Waals surface area contributed by atoms with Crippen molar-refractivity contribution in [2.45, 2.75) is 25.2 Å². The van der Waals surface area contributed by atoms with E-state index in [-0.39, 0.29) is 16.9 Å². The molecule has 0 aliphatic heterocycles. The van der Waals surface area contributed by atoms with E-state index in [0.717, 1.165) is 0 Å². The molecule has 0 aliphatic carbocycles. The first-order chi connectivity index (χ1) is 7.95. The van der Waals surface area contributed by atoms with E-state index in [4.69, 9.17) is 10.2 Å². The van der Waals surface area contributed by atoms with Crippen molar-refractivity contribution in [3.05, 3.63) is 29.3 Å². The zero-order chi connectivity index (χ0) is 13.0. The fourth-order valence-corrected chi connectivity index (χ4v) is 1.43. The highest BCUT2D eigenvalue weighted by Gasteiger charge is 2.21. The van der Waals surface area contributed by atoms with Crippen molar-refractivity contribution in [1.82, 2.24) is 0 Å². The Bertz CT molecular complexity index is 403. The highest BCUT2D eigenvalue weighted by atomic mass is 16.4. The minimum atomic E-state index is -1.44. The van der Waals surface area contributed by atoms with E-state index in [1.54, 1.807) is 0 Å². The number of hydrogen-bond acceptors (Lipinski definition) is 5. The van der Waals surface area contributed by atoms with Crippen molar-refractivity contribution in [2.75, 3.05) is 0 Å². The van der Waals surface area contributed by atoms with Crippen LogP contribution in [0.4, 0.5) is 0 Å². The van der Waals surface area contributed by atoms with Gasteiger partial charge < -0.3 is 25.5 Å². The van der Waals surface area contributed by atoms with Gasteiger partial charge in [-0.25, -0.2) is 0 Å². The molecule has 6 nitrogen and oxygen atoms in total. The van der Waals surface area contributed by atoms with Crippen molar-refractivity contribution >= 4 is 5.97 Å². The van der Waals surface area contributed by atoms with Gasteiger partial charge in [0.15, 0.2) is 0 Å². The number of aliphatic hydroxyl groups is 3. The van der Waals surface area contributed by atoms with Gasteiger partial charge in [0.2, 0.25) is 0 Å². The van der Waals surface area contributed by atoms with Crippen LogP contribution in [0.1, 0.15) is 23.7 Å². The average Bonchev–Trinajstić information content (AvgIpc) is 2.27. The minimum Gasteiger partial charge on any atom is -0.508 e. The van der Waals surface area contributed by atoms with Gasteiger partial charge in [0.1, 0.15) is 11.9 Å². The molecule has 0 amide bonds. The van der Waals surface area contributed by atoms with Crippen LogP contribution in [0.2, 0.25) is 0 Å². The Hall–Kier alpha value is -1.63. The van der Waals surface area contributed by atoms with Gasteiger partial charge in [-0.15, -0.1) is 0 Å². The molecule has 1 rings (SSSR count). The summed E-state index contributed by atoms with van der Waals surface area (Å²) in [5, 5.41) is 45.8. The molecule has 17 heavy (non-hydrogen) atoms. The number of phenols is 1. The zero-order valence-corrected chi connectivity index (χ0v) is 8.95. The number of aliphatic carboxylic acids is 1. The van der Waals surface area contributed by atoms with Gasteiger partial charge in [-0.2, -0.15) is 0 Å². The molecule has 1 aromatic carbocycles. The van der Waals surface area contributed by atoms with Crippen LogP contribution in [-0.2, 0) is 11.4 Å². The number of rotatable bonds is 5. The molecule has 0 fully saturated rings. The molecule has 0 saturated carbocycles. The SMILES string of the molecule is O=C(O)CC(O)C(O)c1ccc(O)c(CO)c1. The van der Waals surface area contributed by atoms with Crippen molar-refractivity contribution in [3.8, 4) is 5.75 Å². The Labute approximate surface area is 97.4 Å². The van der Waals surface area contributed by atoms with E-state index in [9.17, 15) is 20.1 Å². The molecule has 0 bridgehead atoms. The molecule has 5 N–H and O–H groups in total. The summed E-state index contributed by atoms with van der Waals surface area (Å²) in [5.41, 5.74) is 0.435. The third-order valence-electron chi connectivity index (χ3n) is 2.36. The highest BCUT2D eigenvalue weighted by molar-refractivity contribution is 5.67. The Morgan fingerprint density at radius 1 is 1.29 bits per heavy atom. The predicted octanol–water partition coefficient (Wildman–Crippen LogP) is -0.246. The molecular weight excluding hydrogens is 228 g/mol. The van der Waals surface area contributed by atoms with Crippen LogP contribution in [0.25, 0.3) is 0 Å². The first kappa shape index (κ1) is 13.4. The molecule has 0 heterocycles. The van der Waals surface area contributed by atoms with Crippen LogP contribution in [-0.4, -0.2) is 37.6 Å². The van der Waals surface area contributed by atoms with Crippen molar-refractivity contribution in [2.24, 2.45) is 0 Å². The van der Waals surface area contributed by atoms with Gasteiger partial charge in [-0.3, -0.25) is 4.79 Å². The number of carboxylic acids is 1. The van der Waals surface area contributed by atoms with E-state index in [1.165, 1.54) is 18.2 Å². The van der Waals surface area contributed by atoms with Crippen molar-refractivity contribution in [3.63, 3.8) is 0 Å². The topological polar surface area (TPSA) is 118 Å². The molecule has 94 valence electrons. The van der Waals surface area contributed by atoms with Gasteiger partial charge in [0.25, 0.3) is 0 Å². The van der Waals surface area contributed by atoms with Crippen LogP contribution in [0.15, 0.2) is 18.2 Å². The molecule has 0 saturated heterocycles. The smallest absolute Gasteiger partial charge is 0.306 e. The lowest BCUT2D eigenvalue weighted by Crippen LogP contribution is -2.21. The van der Waals surface area contributed by atoms with E-state index in [1.807, 2.05) is 0 Å². The monoisotopic (exact) mass is 242 g/mol. The van der Waals surface area contributed by atoms with Crippen molar-refractivity contribution in [1.29, 1.82) is 0 Å². The van der Waals surface area contributed by atoms with E-state index < -0.39 is 31.2 Å². The van der Waals surface area contributed by atoms with Gasteiger partial charge in [0, 0.05) is 5.56 Å². The summed E-state index contributed by atoms with van der Waals surface area (Å²) < 4.78 is 0. The maximum Gasteiger partial charge on any atom is 0.306 e. The molecule has 2 unspecified atom stereocenters. The highest BCUT2D eigenvalue weighted by Crippen LogP contribution is 2.25. The molecule has 0 spiro atoms. The summed E-state index contributed by atoms with van der Waals surface area (Å²) in [5.74, 6) is -1.35. The maximum absolute atomic E-state index is 10.4. The standard InChI is InChI=1S/C11H14O6/c12-5-7-3-6(1-2-8(7)13)11(17)9(14)4-10(15)16/h1-3,9,11-14,17H,4-5H2,(H,15,16). The molecule has 0 aromatic heterocycles.